The van der Waals surface area contributed by atoms with E-state index in [0.717, 1.165) is 13.1 Å². The average Bonchev–Trinajstić information content (AvgIpc) is 2.85. The molecule has 0 aromatic rings. The monoisotopic (exact) mass is 517 g/mol. The summed E-state index contributed by atoms with van der Waals surface area (Å²) >= 11 is 0. The third-order valence-corrected chi connectivity index (χ3v) is 5.54. The number of hydrogen-bond acceptors (Lipinski definition) is 9. The van der Waals surface area contributed by atoms with Gasteiger partial charge in [-0.3, -0.25) is 4.90 Å². The van der Waals surface area contributed by atoms with E-state index in [9.17, 15) is 15.3 Å². The largest absolute Gasteiger partial charge is 0.389 e. The zero-order valence-electron chi connectivity index (χ0n) is 23.7. The van der Waals surface area contributed by atoms with Crippen LogP contribution in [-0.2, 0) is 14.2 Å². The van der Waals surface area contributed by atoms with Crippen molar-refractivity contribution in [1.82, 2.24) is 14.7 Å². The van der Waals surface area contributed by atoms with Gasteiger partial charge in [0, 0.05) is 78.0 Å². The van der Waals surface area contributed by atoms with Gasteiger partial charge in [-0.2, -0.15) is 0 Å². The Balaban J connectivity index is 2.73. The molecule has 0 spiro atoms. The minimum atomic E-state index is -0.596. The van der Waals surface area contributed by atoms with E-state index in [1.54, 1.807) is 0 Å². The molecule has 0 saturated carbocycles. The summed E-state index contributed by atoms with van der Waals surface area (Å²) in [5.74, 6) is 1.29. The van der Waals surface area contributed by atoms with E-state index >= 15 is 0 Å². The highest BCUT2D eigenvalue weighted by Gasteiger charge is 2.19. The van der Waals surface area contributed by atoms with Crippen LogP contribution in [0.1, 0.15) is 41.5 Å². The fraction of sp³-hybridized carbons (Fsp3) is 0.926. The first kappa shape index (κ1) is 33.1. The summed E-state index contributed by atoms with van der Waals surface area (Å²) in [6.45, 7) is 19.7. The Morgan fingerprint density at radius 3 is 1.19 bits per heavy atom. The molecule has 0 radical (unpaired) electrons. The molecule has 9 nitrogen and oxygen atoms in total. The van der Waals surface area contributed by atoms with Gasteiger partial charge in [0.15, 0.2) is 0 Å². The maximum absolute atomic E-state index is 10.5. The highest BCUT2D eigenvalue weighted by Crippen LogP contribution is 2.07. The maximum Gasteiger partial charge on any atom is 0.0947 e. The Bertz CT molecular complexity index is 528. The first-order valence-electron chi connectivity index (χ1n) is 13.7. The molecule has 0 bridgehead atoms. The number of hydrogen-bond donors (Lipinski definition) is 3. The van der Waals surface area contributed by atoms with Crippen LogP contribution in [0, 0.1) is 17.8 Å². The second kappa shape index (κ2) is 19.2. The summed E-state index contributed by atoms with van der Waals surface area (Å²) < 4.78 is 16.9. The number of ether oxygens (including phenoxy) is 3. The third kappa shape index (κ3) is 17.5. The smallest absolute Gasteiger partial charge is 0.0947 e. The van der Waals surface area contributed by atoms with Crippen molar-refractivity contribution >= 4 is 0 Å². The third-order valence-electron chi connectivity index (χ3n) is 5.54. The summed E-state index contributed by atoms with van der Waals surface area (Å²) in [5.41, 5.74) is 0. The molecular weight excluding hydrogens is 462 g/mol. The van der Waals surface area contributed by atoms with Crippen LogP contribution in [0.15, 0.2) is 12.4 Å². The van der Waals surface area contributed by atoms with Crippen molar-refractivity contribution in [2.75, 3.05) is 85.5 Å². The zero-order valence-corrected chi connectivity index (χ0v) is 23.7. The molecule has 1 aliphatic heterocycles. The molecule has 0 aliphatic carbocycles. The van der Waals surface area contributed by atoms with E-state index < -0.39 is 18.3 Å². The van der Waals surface area contributed by atoms with Gasteiger partial charge in [-0.25, -0.2) is 0 Å². The minimum absolute atomic E-state index is 0.299. The lowest BCUT2D eigenvalue weighted by Gasteiger charge is -2.29. The molecule has 0 amide bonds. The van der Waals surface area contributed by atoms with Gasteiger partial charge >= 0.3 is 0 Å². The second-order valence-corrected chi connectivity index (χ2v) is 11.3. The predicted molar refractivity (Wildman–Crippen MR) is 144 cm³/mol. The van der Waals surface area contributed by atoms with Gasteiger partial charge in [-0.15, -0.1) is 0 Å². The van der Waals surface area contributed by atoms with Gasteiger partial charge in [0.2, 0.25) is 0 Å². The maximum atomic E-state index is 10.5. The molecule has 3 atom stereocenters. The van der Waals surface area contributed by atoms with Crippen molar-refractivity contribution in [2.45, 2.75) is 59.9 Å². The van der Waals surface area contributed by atoms with Crippen LogP contribution >= 0.6 is 0 Å². The molecule has 3 unspecified atom stereocenters. The van der Waals surface area contributed by atoms with E-state index in [1.807, 2.05) is 12.4 Å². The molecule has 1 heterocycles. The van der Waals surface area contributed by atoms with Crippen molar-refractivity contribution in [3.63, 3.8) is 0 Å². The van der Waals surface area contributed by atoms with Crippen molar-refractivity contribution in [3.8, 4) is 0 Å². The van der Waals surface area contributed by atoms with Gasteiger partial charge in [0.25, 0.3) is 0 Å². The molecule has 0 aromatic heterocycles. The lowest BCUT2D eigenvalue weighted by atomic mass is 10.2. The van der Waals surface area contributed by atoms with Gasteiger partial charge in [-0.1, -0.05) is 41.5 Å². The standard InChI is InChI=1S/C27H55N3O6/c1-22(2)16-34-19-25(31)13-28-7-9-29(14-26(32)20-35-17-23(3)4)11-12-30(10-8-28)15-27(33)21-36-18-24(5)6/h7,9,22-27,31-33H,8,10-21H2,1-6H3/b9-7-. The van der Waals surface area contributed by atoms with E-state index in [2.05, 4.69) is 56.2 Å². The fourth-order valence-electron chi connectivity index (χ4n) is 3.79. The quantitative estimate of drug-likeness (QED) is 0.250. The Labute approximate surface area is 220 Å². The van der Waals surface area contributed by atoms with E-state index in [-0.39, 0.29) is 0 Å². The van der Waals surface area contributed by atoms with Crippen molar-refractivity contribution in [1.29, 1.82) is 0 Å². The minimum Gasteiger partial charge on any atom is -0.389 e. The van der Waals surface area contributed by atoms with Crippen LogP contribution < -0.4 is 0 Å². The van der Waals surface area contributed by atoms with Crippen LogP contribution in [0.5, 0.6) is 0 Å². The van der Waals surface area contributed by atoms with E-state index in [4.69, 9.17) is 14.2 Å². The second-order valence-electron chi connectivity index (χ2n) is 11.3. The number of β-amino-alcohol motifs (C(OH)–C–C–N with tert-alkyl or cyclic N) is 3. The average molecular weight is 518 g/mol. The Hall–Kier alpha value is -0.940. The number of nitrogens with zero attached hydrogens (tertiary/aromatic N) is 3. The van der Waals surface area contributed by atoms with Crippen LogP contribution in [0.3, 0.4) is 0 Å². The Morgan fingerprint density at radius 2 is 0.861 bits per heavy atom. The summed E-state index contributed by atoms with van der Waals surface area (Å²) in [7, 11) is 0. The molecule has 0 fully saturated rings. The van der Waals surface area contributed by atoms with Gasteiger partial charge < -0.3 is 39.3 Å². The SMILES string of the molecule is CC(C)COCC(O)CN1/C=C\N(CC(O)COCC(C)C)CCN(CC(O)COCC(C)C)CC1. The van der Waals surface area contributed by atoms with Gasteiger partial charge in [0.1, 0.15) is 0 Å². The summed E-state index contributed by atoms with van der Waals surface area (Å²) in [5, 5.41) is 31.6. The number of aliphatic hydroxyl groups excluding tert-OH is 3. The fourth-order valence-corrected chi connectivity index (χ4v) is 3.79. The molecule has 9 heteroatoms. The topological polar surface area (TPSA) is 98.1 Å². The molecule has 0 aromatic carbocycles. The van der Waals surface area contributed by atoms with Crippen molar-refractivity contribution in [2.24, 2.45) is 17.8 Å². The normalized spacial score (nSPS) is 19.4. The van der Waals surface area contributed by atoms with Crippen LogP contribution in [0.2, 0.25) is 0 Å². The summed E-state index contributed by atoms with van der Waals surface area (Å²) in [6, 6.07) is 0. The zero-order chi connectivity index (χ0) is 26.9. The van der Waals surface area contributed by atoms with Crippen LogP contribution in [-0.4, -0.2) is 134 Å². The summed E-state index contributed by atoms with van der Waals surface area (Å²) in [6.07, 6.45) is 2.21. The van der Waals surface area contributed by atoms with E-state index in [1.165, 1.54) is 0 Å². The molecule has 214 valence electrons. The number of rotatable bonds is 18. The van der Waals surface area contributed by atoms with Crippen LogP contribution in [0.4, 0.5) is 0 Å². The van der Waals surface area contributed by atoms with Crippen molar-refractivity contribution in [3.05, 3.63) is 12.4 Å². The molecule has 3 N–H and O–H groups in total. The number of aliphatic hydroxyl groups is 3. The van der Waals surface area contributed by atoms with Gasteiger partial charge in [-0.05, 0) is 17.8 Å². The first-order valence-corrected chi connectivity index (χ1v) is 13.7. The predicted octanol–water partition coefficient (Wildman–Crippen LogP) is 1.48. The summed E-state index contributed by atoms with van der Waals surface area (Å²) in [4.78, 5) is 6.38. The Kier molecular flexibility index (Phi) is 17.6. The van der Waals surface area contributed by atoms with Crippen molar-refractivity contribution < 1.29 is 29.5 Å². The first-order chi connectivity index (χ1) is 17.0. The van der Waals surface area contributed by atoms with Gasteiger partial charge in [0.05, 0.1) is 38.1 Å². The Morgan fingerprint density at radius 1 is 0.528 bits per heavy atom. The molecular formula is C27H55N3O6. The van der Waals surface area contributed by atoms with E-state index in [0.29, 0.717) is 90.1 Å². The molecule has 1 rings (SSSR count). The van der Waals surface area contributed by atoms with Crippen LogP contribution in [0.25, 0.3) is 0 Å². The molecule has 1 aliphatic rings. The highest BCUT2D eigenvalue weighted by atomic mass is 16.5. The molecule has 0 saturated heterocycles. The lowest BCUT2D eigenvalue weighted by Crippen LogP contribution is -2.43. The molecule has 36 heavy (non-hydrogen) atoms. The lowest BCUT2D eigenvalue weighted by molar-refractivity contribution is 0.00173. The highest BCUT2D eigenvalue weighted by molar-refractivity contribution is 4.88.